The SMILES string of the molecule is O=C(O)Cn1c2c(c3cccc([N+](=O)[O-])c31)CCN(c1ccccc1)C2=O. The molecule has 1 amide bonds. The van der Waals surface area contributed by atoms with Crippen LogP contribution in [0, 0.1) is 10.1 Å². The first kappa shape index (κ1) is 16.8. The van der Waals surface area contributed by atoms with Gasteiger partial charge in [0.1, 0.15) is 17.8 Å². The van der Waals surface area contributed by atoms with Gasteiger partial charge in [0.05, 0.1) is 4.92 Å². The van der Waals surface area contributed by atoms with Crippen LogP contribution in [-0.2, 0) is 17.8 Å². The summed E-state index contributed by atoms with van der Waals surface area (Å²) in [6.45, 7) is -0.101. The number of benzene rings is 2. The molecular formula is C19H15N3O5. The summed E-state index contributed by atoms with van der Waals surface area (Å²) >= 11 is 0. The fourth-order valence-corrected chi connectivity index (χ4v) is 3.71. The first-order valence-electron chi connectivity index (χ1n) is 8.36. The summed E-state index contributed by atoms with van der Waals surface area (Å²) in [5, 5.41) is 21.4. The molecule has 0 radical (unpaired) electrons. The van der Waals surface area contributed by atoms with Crippen molar-refractivity contribution in [2.45, 2.75) is 13.0 Å². The number of fused-ring (bicyclic) bond motifs is 3. The summed E-state index contributed by atoms with van der Waals surface area (Å²) in [6, 6.07) is 13.7. The van der Waals surface area contributed by atoms with Gasteiger partial charge in [0.15, 0.2) is 0 Å². The molecule has 0 unspecified atom stereocenters. The number of non-ortho nitro benzene ring substituents is 1. The number of carboxylic acids is 1. The Hall–Kier alpha value is -3.68. The predicted octanol–water partition coefficient (Wildman–Crippen LogP) is 2.84. The van der Waals surface area contributed by atoms with Gasteiger partial charge in [-0.15, -0.1) is 0 Å². The molecule has 1 aromatic heterocycles. The van der Waals surface area contributed by atoms with Crippen molar-refractivity contribution >= 4 is 34.2 Å². The van der Waals surface area contributed by atoms with Crippen molar-refractivity contribution in [1.29, 1.82) is 0 Å². The molecule has 0 saturated heterocycles. The molecule has 1 aliphatic rings. The summed E-state index contributed by atoms with van der Waals surface area (Å²) in [7, 11) is 0. The second-order valence-electron chi connectivity index (χ2n) is 6.28. The van der Waals surface area contributed by atoms with E-state index in [2.05, 4.69) is 0 Å². The van der Waals surface area contributed by atoms with Gasteiger partial charge in [-0.25, -0.2) is 0 Å². The first-order chi connectivity index (χ1) is 13.0. The lowest BCUT2D eigenvalue weighted by Crippen LogP contribution is -2.39. The third kappa shape index (κ3) is 2.62. The summed E-state index contributed by atoms with van der Waals surface area (Å²) in [5.41, 5.74) is 1.54. The summed E-state index contributed by atoms with van der Waals surface area (Å²) in [5.74, 6) is -1.52. The zero-order chi connectivity index (χ0) is 19.1. The van der Waals surface area contributed by atoms with Crippen LogP contribution in [0.25, 0.3) is 10.9 Å². The van der Waals surface area contributed by atoms with Gasteiger partial charge in [0, 0.05) is 23.7 Å². The van der Waals surface area contributed by atoms with Crippen LogP contribution in [0.5, 0.6) is 0 Å². The van der Waals surface area contributed by atoms with E-state index in [0.717, 1.165) is 0 Å². The predicted molar refractivity (Wildman–Crippen MR) is 98.1 cm³/mol. The Labute approximate surface area is 153 Å². The number of hydrogen-bond acceptors (Lipinski definition) is 4. The lowest BCUT2D eigenvalue weighted by molar-refractivity contribution is -0.383. The minimum absolute atomic E-state index is 0.179. The van der Waals surface area contributed by atoms with Crippen molar-refractivity contribution in [3.05, 3.63) is 69.9 Å². The largest absolute Gasteiger partial charge is 0.480 e. The number of anilines is 1. The maximum atomic E-state index is 13.2. The Kier molecular flexibility index (Phi) is 3.88. The Morgan fingerprint density at radius 2 is 1.89 bits per heavy atom. The van der Waals surface area contributed by atoms with Gasteiger partial charge in [-0.2, -0.15) is 0 Å². The average molecular weight is 365 g/mol. The third-order valence-electron chi connectivity index (χ3n) is 4.76. The van der Waals surface area contributed by atoms with Gasteiger partial charge in [-0.1, -0.05) is 30.3 Å². The van der Waals surface area contributed by atoms with Crippen molar-refractivity contribution in [3.63, 3.8) is 0 Å². The summed E-state index contributed by atoms with van der Waals surface area (Å²) < 4.78 is 1.27. The Morgan fingerprint density at radius 3 is 2.56 bits per heavy atom. The van der Waals surface area contributed by atoms with Crippen LogP contribution in [0.1, 0.15) is 16.1 Å². The monoisotopic (exact) mass is 365 g/mol. The number of carbonyl (C=O) groups is 2. The van der Waals surface area contributed by atoms with Crippen LogP contribution in [0.2, 0.25) is 0 Å². The van der Waals surface area contributed by atoms with Gasteiger partial charge in [-0.05, 0) is 24.1 Å². The van der Waals surface area contributed by atoms with Crippen LogP contribution in [0.4, 0.5) is 11.4 Å². The molecule has 1 N–H and O–H groups in total. The normalized spacial score (nSPS) is 13.6. The van der Waals surface area contributed by atoms with E-state index < -0.39 is 17.4 Å². The molecule has 0 saturated carbocycles. The number of rotatable bonds is 4. The van der Waals surface area contributed by atoms with Crippen LogP contribution in [-0.4, -0.2) is 33.0 Å². The molecule has 0 aliphatic carbocycles. The van der Waals surface area contributed by atoms with Crippen molar-refractivity contribution in [2.24, 2.45) is 0 Å². The highest BCUT2D eigenvalue weighted by molar-refractivity contribution is 6.12. The highest BCUT2D eigenvalue weighted by Gasteiger charge is 2.34. The maximum Gasteiger partial charge on any atom is 0.323 e. The number of amides is 1. The smallest absolute Gasteiger partial charge is 0.323 e. The number of carboxylic acid groups (broad SMARTS) is 1. The lowest BCUT2D eigenvalue weighted by Gasteiger charge is -2.28. The van der Waals surface area contributed by atoms with Crippen LogP contribution < -0.4 is 4.90 Å². The van der Waals surface area contributed by atoms with E-state index in [9.17, 15) is 24.8 Å². The lowest BCUT2D eigenvalue weighted by atomic mass is 10.0. The second kappa shape index (κ2) is 6.24. The minimum Gasteiger partial charge on any atom is -0.480 e. The van der Waals surface area contributed by atoms with Crippen LogP contribution in [0.3, 0.4) is 0 Å². The topological polar surface area (TPSA) is 106 Å². The van der Waals surface area contributed by atoms with Gasteiger partial charge in [0.2, 0.25) is 0 Å². The molecule has 0 spiro atoms. The molecule has 27 heavy (non-hydrogen) atoms. The molecule has 0 fully saturated rings. The van der Waals surface area contributed by atoms with Gasteiger partial charge >= 0.3 is 5.97 Å². The van der Waals surface area contributed by atoms with Crippen LogP contribution >= 0.6 is 0 Å². The van der Waals surface area contributed by atoms with E-state index >= 15 is 0 Å². The number of nitrogens with zero attached hydrogens (tertiary/aromatic N) is 3. The number of nitro groups is 1. The average Bonchev–Trinajstić information content (AvgIpc) is 2.97. The fraction of sp³-hybridized carbons (Fsp3) is 0.158. The summed E-state index contributed by atoms with van der Waals surface area (Å²) in [4.78, 5) is 37.1. The van der Waals surface area contributed by atoms with E-state index in [-0.39, 0.29) is 22.8 Å². The van der Waals surface area contributed by atoms with Crippen molar-refractivity contribution in [3.8, 4) is 0 Å². The number of para-hydroxylation sites is 2. The zero-order valence-electron chi connectivity index (χ0n) is 14.2. The molecule has 1 aliphatic heterocycles. The molecule has 2 heterocycles. The molecule has 4 rings (SSSR count). The second-order valence-corrected chi connectivity index (χ2v) is 6.28. The van der Waals surface area contributed by atoms with E-state index in [4.69, 9.17) is 0 Å². The van der Waals surface area contributed by atoms with E-state index in [1.54, 1.807) is 29.2 Å². The van der Waals surface area contributed by atoms with Crippen molar-refractivity contribution < 1.29 is 19.6 Å². The van der Waals surface area contributed by atoms with Crippen LogP contribution in [0.15, 0.2) is 48.5 Å². The Balaban J connectivity index is 1.98. The highest BCUT2D eigenvalue weighted by atomic mass is 16.6. The molecule has 3 aromatic rings. The number of hydrogen-bond donors (Lipinski definition) is 1. The number of aromatic nitrogens is 1. The molecule has 136 valence electrons. The van der Waals surface area contributed by atoms with Gasteiger partial charge in [-0.3, -0.25) is 19.7 Å². The standard InChI is InChI=1S/C19H15N3O5/c23-16(24)11-21-17-13(7-4-8-15(17)22(26)27)14-9-10-20(19(25)18(14)21)12-5-2-1-3-6-12/h1-8H,9-11H2,(H,23,24). The Bertz CT molecular complexity index is 1090. The van der Waals surface area contributed by atoms with E-state index in [1.807, 2.05) is 18.2 Å². The molecule has 2 aromatic carbocycles. The van der Waals surface area contributed by atoms with Gasteiger partial charge in [0.25, 0.3) is 11.6 Å². The van der Waals surface area contributed by atoms with E-state index in [1.165, 1.54) is 10.6 Å². The zero-order valence-corrected chi connectivity index (χ0v) is 14.2. The third-order valence-corrected chi connectivity index (χ3v) is 4.76. The molecule has 0 atom stereocenters. The highest BCUT2D eigenvalue weighted by Crippen LogP contribution is 2.36. The molecule has 8 nitrogen and oxygen atoms in total. The molecule has 8 heteroatoms. The molecule has 0 bridgehead atoms. The fourth-order valence-electron chi connectivity index (χ4n) is 3.71. The minimum atomic E-state index is -1.17. The number of nitro benzene ring substituents is 1. The molecular weight excluding hydrogens is 350 g/mol. The number of aliphatic carboxylic acids is 1. The van der Waals surface area contributed by atoms with E-state index in [0.29, 0.717) is 29.6 Å². The summed E-state index contributed by atoms with van der Waals surface area (Å²) in [6.07, 6.45) is 0.486. The van der Waals surface area contributed by atoms with Crippen molar-refractivity contribution in [2.75, 3.05) is 11.4 Å². The number of carbonyl (C=O) groups excluding carboxylic acids is 1. The maximum absolute atomic E-state index is 13.2. The quantitative estimate of drug-likeness (QED) is 0.565. The van der Waals surface area contributed by atoms with Gasteiger partial charge < -0.3 is 14.6 Å². The Morgan fingerprint density at radius 1 is 1.15 bits per heavy atom. The first-order valence-corrected chi connectivity index (χ1v) is 8.36. The van der Waals surface area contributed by atoms with Crippen molar-refractivity contribution in [1.82, 2.24) is 4.57 Å².